The Morgan fingerprint density at radius 3 is 2.37 bits per heavy atom. The summed E-state index contributed by atoms with van der Waals surface area (Å²) in [7, 11) is 0. The molecule has 1 aromatic heterocycles. The largest absolute Gasteiger partial charge is 0.444 e. The molecule has 1 aliphatic heterocycles. The molecule has 2 amide bonds. The number of rotatable bonds is 3. The van der Waals surface area contributed by atoms with E-state index < -0.39 is 17.2 Å². The van der Waals surface area contributed by atoms with E-state index in [9.17, 15) is 14.4 Å². The van der Waals surface area contributed by atoms with Crippen molar-refractivity contribution >= 4 is 29.1 Å². The maximum absolute atomic E-state index is 13.3. The van der Waals surface area contributed by atoms with Crippen LogP contribution in [-0.2, 0) is 0 Å². The first-order valence-corrected chi connectivity index (χ1v) is 8.37. The highest BCUT2D eigenvalue weighted by Crippen LogP contribution is 2.27. The van der Waals surface area contributed by atoms with Crippen molar-refractivity contribution in [2.45, 2.75) is 27.7 Å². The molecule has 0 spiro atoms. The van der Waals surface area contributed by atoms with Gasteiger partial charge in [0.15, 0.2) is 11.2 Å². The fourth-order valence-corrected chi connectivity index (χ4v) is 2.69. The van der Waals surface area contributed by atoms with Crippen LogP contribution in [0, 0.1) is 6.92 Å². The molecule has 1 aromatic carbocycles. The van der Waals surface area contributed by atoms with Gasteiger partial charge in [-0.1, -0.05) is 18.2 Å². The van der Waals surface area contributed by atoms with Crippen molar-refractivity contribution in [3.05, 3.63) is 69.7 Å². The summed E-state index contributed by atoms with van der Waals surface area (Å²) >= 11 is 0. The van der Waals surface area contributed by atoms with Gasteiger partial charge in [-0.15, -0.1) is 0 Å². The average molecular weight is 365 g/mol. The van der Waals surface area contributed by atoms with E-state index in [1.807, 2.05) is 6.07 Å². The Balaban J connectivity index is 2.23. The van der Waals surface area contributed by atoms with Crippen LogP contribution in [0.25, 0.3) is 0 Å². The van der Waals surface area contributed by atoms with Gasteiger partial charge < -0.3 is 4.42 Å². The standard InChI is InChI=1S/C20H19N3O4/c1-12-11-22(19-18(15(4)24)17(25)10-13(2)27-19)20(26)23(21-14(12)3)16-8-6-5-7-9-16/h5-11H,1-4H3. The van der Waals surface area contributed by atoms with Crippen molar-refractivity contribution in [2.75, 3.05) is 9.91 Å². The summed E-state index contributed by atoms with van der Waals surface area (Å²) in [6, 6.07) is 9.56. The highest BCUT2D eigenvalue weighted by atomic mass is 16.4. The highest BCUT2D eigenvalue weighted by Gasteiger charge is 2.31. The molecule has 0 fully saturated rings. The van der Waals surface area contributed by atoms with E-state index in [-0.39, 0.29) is 11.4 Å². The molecule has 27 heavy (non-hydrogen) atoms. The number of allylic oxidation sites excluding steroid dienone is 1. The van der Waals surface area contributed by atoms with Crippen LogP contribution in [0.15, 0.2) is 62.5 Å². The zero-order chi connectivity index (χ0) is 19.7. The number of benzene rings is 1. The lowest BCUT2D eigenvalue weighted by atomic mass is 10.1. The predicted octanol–water partition coefficient (Wildman–Crippen LogP) is 3.88. The van der Waals surface area contributed by atoms with Gasteiger partial charge in [0, 0.05) is 12.3 Å². The Kier molecular flexibility index (Phi) is 4.77. The molecule has 7 nitrogen and oxygen atoms in total. The third-order valence-corrected chi connectivity index (χ3v) is 4.15. The first-order chi connectivity index (χ1) is 12.8. The lowest BCUT2D eigenvalue weighted by Crippen LogP contribution is -2.38. The Labute approximate surface area is 156 Å². The number of para-hydroxylation sites is 1. The Bertz CT molecular complexity index is 1030. The molecule has 0 N–H and O–H groups in total. The number of nitrogens with zero attached hydrogens (tertiary/aromatic N) is 3. The summed E-state index contributed by atoms with van der Waals surface area (Å²) in [5, 5.41) is 5.61. The molecule has 0 unspecified atom stereocenters. The topological polar surface area (TPSA) is 83.2 Å². The quantitative estimate of drug-likeness (QED) is 0.773. The summed E-state index contributed by atoms with van der Waals surface area (Å²) in [5.41, 5.74) is 1.20. The van der Waals surface area contributed by atoms with Crippen molar-refractivity contribution in [2.24, 2.45) is 5.10 Å². The van der Waals surface area contributed by atoms with Gasteiger partial charge >= 0.3 is 6.03 Å². The van der Waals surface area contributed by atoms with E-state index in [2.05, 4.69) is 5.10 Å². The number of carbonyl (C=O) groups excluding carboxylic acids is 2. The molecular weight excluding hydrogens is 346 g/mol. The van der Waals surface area contributed by atoms with Gasteiger partial charge in [0.2, 0.25) is 5.88 Å². The van der Waals surface area contributed by atoms with Crippen molar-refractivity contribution in [1.29, 1.82) is 0 Å². The fourth-order valence-electron chi connectivity index (χ4n) is 2.69. The average Bonchev–Trinajstić information content (AvgIpc) is 2.73. The molecule has 0 atom stereocenters. The lowest BCUT2D eigenvalue weighted by molar-refractivity contribution is 0.101. The SMILES string of the molecule is CC(=O)c1c(N2C=C(C)C(C)=NN(c3ccccc3)C2=O)oc(C)cc1=O. The molecule has 0 aliphatic carbocycles. The molecule has 7 heteroatoms. The van der Waals surface area contributed by atoms with Gasteiger partial charge in [0.05, 0.1) is 11.4 Å². The van der Waals surface area contributed by atoms with Crippen LogP contribution in [0.1, 0.15) is 36.9 Å². The van der Waals surface area contributed by atoms with Gasteiger partial charge in [-0.05, 0) is 45.4 Å². The van der Waals surface area contributed by atoms with Gasteiger partial charge in [-0.3, -0.25) is 9.59 Å². The maximum Gasteiger partial charge on any atom is 0.356 e. The number of aryl methyl sites for hydroxylation is 1. The minimum Gasteiger partial charge on any atom is -0.444 e. The molecular formula is C20H19N3O4. The molecule has 0 radical (unpaired) electrons. The monoisotopic (exact) mass is 365 g/mol. The van der Waals surface area contributed by atoms with E-state index >= 15 is 0 Å². The summed E-state index contributed by atoms with van der Waals surface area (Å²) in [4.78, 5) is 38.8. The second-order valence-corrected chi connectivity index (χ2v) is 6.26. The van der Waals surface area contributed by atoms with Gasteiger partial charge in [0.25, 0.3) is 0 Å². The van der Waals surface area contributed by atoms with Crippen LogP contribution in [0.3, 0.4) is 0 Å². The molecule has 1 aliphatic rings. The van der Waals surface area contributed by atoms with Crippen LogP contribution in [0.4, 0.5) is 16.4 Å². The van der Waals surface area contributed by atoms with Crippen molar-refractivity contribution in [3.63, 3.8) is 0 Å². The number of carbonyl (C=O) groups is 2. The van der Waals surface area contributed by atoms with Crippen LogP contribution in [0.2, 0.25) is 0 Å². The lowest BCUT2D eigenvalue weighted by Gasteiger charge is -2.23. The molecule has 0 saturated carbocycles. The Morgan fingerprint density at radius 1 is 1.07 bits per heavy atom. The number of anilines is 2. The molecule has 2 aromatic rings. The van der Waals surface area contributed by atoms with Gasteiger partial charge in [0.1, 0.15) is 11.3 Å². The van der Waals surface area contributed by atoms with Crippen LogP contribution >= 0.6 is 0 Å². The maximum atomic E-state index is 13.3. The minimum absolute atomic E-state index is 0.109. The highest BCUT2D eigenvalue weighted by molar-refractivity contribution is 6.12. The number of hydrazone groups is 1. The van der Waals surface area contributed by atoms with E-state index in [1.165, 1.54) is 24.2 Å². The fraction of sp³-hybridized carbons (Fsp3) is 0.200. The van der Waals surface area contributed by atoms with Crippen molar-refractivity contribution in [3.8, 4) is 0 Å². The number of urea groups is 1. The Hall–Kier alpha value is -3.48. The molecule has 138 valence electrons. The van der Waals surface area contributed by atoms with E-state index in [4.69, 9.17) is 4.42 Å². The van der Waals surface area contributed by atoms with E-state index in [0.717, 1.165) is 4.90 Å². The zero-order valence-electron chi connectivity index (χ0n) is 15.5. The number of hydrogen-bond acceptors (Lipinski definition) is 5. The summed E-state index contributed by atoms with van der Waals surface area (Å²) in [6.45, 7) is 6.41. The normalized spacial score (nSPS) is 14.6. The third kappa shape index (κ3) is 3.44. The van der Waals surface area contributed by atoms with E-state index in [1.54, 1.807) is 45.0 Å². The number of Topliss-reactive ketones (excluding diaryl/α,β-unsaturated/α-hetero) is 1. The predicted molar refractivity (Wildman–Crippen MR) is 103 cm³/mol. The molecule has 0 saturated heterocycles. The van der Waals surface area contributed by atoms with Crippen molar-refractivity contribution in [1.82, 2.24) is 0 Å². The second-order valence-electron chi connectivity index (χ2n) is 6.26. The Morgan fingerprint density at radius 2 is 1.74 bits per heavy atom. The van der Waals surface area contributed by atoms with Crippen LogP contribution < -0.4 is 15.3 Å². The number of hydrogen-bond donors (Lipinski definition) is 0. The third-order valence-electron chi connectivity index (χ3n) is 4.15. The van der Waals surface area contributed by atoms with Gasteiger partial charge in [-0.2, -0.15) is 10.1 Å². The van der Waals surface area contributed by atoms with Gasteiger partial charge in [-0.25, -0.2) is 9.69 Å². The minimum atomic E-state index is -0.561. The summed E-state index contributed by atoms with van der Waals surface area (Å²) < 4.78 is 5.65. The molecule has 2 heterocycles. The van der Waals surface area contributed by atoms with E-state index in [0.29, 0.717) is 22.7 Å². The van der Waals surface area contributed by atoms with Crippen molar-refractivity contribution < 1.29 is 14.0 Å². The van der Waals surface area contributed by atoms with Crippen LogP contribution in [-0.4, -0.2) is 17.5 Å². The molecule has 3 rings (SSSR count). The molecule has 0 bridgehead atoms. The second kappa shape index (κ2) is 7.03. The number of amides is 2. The first kappa shape index (κ1) is 18.3. The first-order valence-electron chi connectivity index (χ1n) is 8.37. The summed E-state index contributed by atoms with van der Waals surface area (Å²) in [6.07, 6.45) is 1.52. The summed E-state index contributed by atoms with van der Waals surface area (Å²) in [5.74, 6) is -0.291. The van der Waals surface area contributed by atoms with Crippen LogP contribution in [0.5, 0.6) is 0 Å². The zero-order valence-corrected chi connectivity index (χ0v) is 15.5. The number of ketones is 1. The smallest absolute Gasteiger partial charge is 0.356 e.